The zero-order valence-corrected chi connectivity index (χ0v) is 17.7. The molecule has 1 fully saturated rings. The van der Waals surface area contributed by atoms with E-state index in [1.165, 1.54) is 16.7 Å². The van der Waals surface area contributed by atoms with E-state index in [4.69, 9.17) is 4.74 Å². The number of nitrogens with zero attached hydrogens (tertiary/aromatic N) is 3. The lowest BCUT2D eigenvalue weighted by atomic mass is 10.2. The Morgan fingerprint density at radius 1 is 1.07 bits per heavy atom. The molecule has 30 heavy (non-hydrogen) atoms. The molecule has 1 N–H and O–H groups in total. The van der Waals surface area contributed by atoms with Crippen molar-refractivity contribution in [1.82, 2.24) is 19.6 Å². The lowest BCUT2D eigenvalue weighted by Crippen LogP contribution is -2.40. The Kier molecular flexibility index (Phi) is 6.18. The third kappa shape index (κ3) is 4.57. The van der Waals surface area contributed by atoms with E-state index in [0.29, 0.717) is 37.7 Å². The van der Waals surface area contributed by atoms with Crippen molar-refractivity contribution < 1.29 is 17.9 Å². The smallest absolute Gasteiger partial charge is 0.254 e. The highest BCUT2D eigenvalue weighted by atomic mass is 32.2. The molecular formula is C20H20N4O4S2. The van der Waals surface area contributed by atoms with E-state index in [-0.39, 0.29) is 16.7 Å². The fourth-order valence-electron chi connectivity index (χ4n) is 2.96. The first-order valence-corrected chi connectivity index (χ1v) is 11.6. The number of ether oxygens (including phenoxy) is 1. The average molecular weight is 445 g/mol. The van der Waals surface area contributed by atoms with E-state index in [0.717, 1.165) is 21.8 Å². The monoisotopic (exact) mass is 444 g/mol. The summed E-state index contributed by atoms with van der Waals surface area (Å²) in [7, 11) is -3.52. The lowest BCUT2D eigenvalue weighted by molar-refractivity contribution is 0.0731. The van der Waals surface area contributed by atoms with Crippen LogP contribution in [0.25, 0.3) is 11.4 Å². The molecule has 0 atom stereocenters. The van der Waals surface area contributed by atoms with Gasteiger partial charge in [0.1, 0.15) is 4.21 Å². The van der Waals surface area contributed by atoms with Crippen LogP contribution >= 0.6 is 11.3 Å². The number of hydrogen-bond acceptors (Lipinski definition) is 7. The number of sulfonamides is 1. The molecule has 0 radical (unpaired) electrons. The molecule has 2 aromatic heterocycles. The number of rotatable bonds is 6. The van der Waals surface area contributed by atoms with Crippen molar-refractivity contribution in [2.75, 3.05) is 26.3 Å². The molecule has 10 heteroatoms. The number of hydrogen-bond donors (Lipinski definition) is 1. The molecule has 8 nitrogen and oxygen atoms in total. The molecule has 1 saturated heterocycles. The van der Waals surface area contributed by atoms with Gasteiger partial charge in [0, 0.05) is 35.9 Å². The van der Waals surface area contributed by atoms with E-state index in [1.54, 1.807) is 12.1 Å². The summed E-state index contributed by atoms with van der Waals surface area (Å²) in [6.45, 7) is 1.73. The zero-order valence-electron chi connectivity index (χ0n) is 16.0. The van der Waals surface area contributed by atoms with Crippen LogP contribution in [0, 0.1) is 0 Å². The molecule has 3 heterocycles. The van der Waals surface area contributed by atoms with Crippen molar-refractivity contribution in [3.05, 3.63) is 65.3 Å². The van der Waals surface area contributed by atoms with Crippen LogP contribution in [0.4, 0.5) is 0 Å². The van der Waals surface area contributed by atoms with Gasteiger partial charge in [-0.15, -0.1) is 11.3 Å². The number of aromatic nitrogens is 2. The first kappa shape index (κ1) is 20.6. The third-order valence-electron chi connectivity index (χ3n) is 4.57. The second-order valence-corrected chi connectivity index (χ2v) is 9.91. The van der Waals surface area contributed by atoms with Gasteiger partial charge >= 0.3 is 0 Å². The quantitative estimate of drug-likeness (QED) is 0.625. The summed E-state index contributed by atoms with van der Waals surface area (Å²) in [5, 5.41) is 2.78. The highest BCUT2D eigenvalue weighted by Gasteiger charge is 2.27. The Morgan fingerprint density at radius 2 is 1.77 bits per heavy atom. The predicted molar refractivity (Wildman–Crippen MR) is 113 cm³/mol. The van der Waals surface area contributed by atoms with Crippen LogP contribution in [0.3, 0.4) is 0 Å². The minimum atomic E-state index is -3.52. The molecule has 1 aliphatic heterocycles. The Labute approximate surface area is 178 Å². The summed E-state index contributed by atoms with van der Waals surface area (Å²) in [5.74, 6) is 0.226. The van der Waals surface area contributed by atoms with Crippen LogP contribution < -0.4 is 5.32 Å². The van der Waals surface area contributed by atoms with Crippen molar-refractivity contribution in [3.8, 4) is 11.4 Å². The summed E-state index contributed by atoms with van der Waals surface area (Å²) >= 11 is 1.15. The van der Waals surface area contributed by atoms with E-state index in [2.05, 4.69) is 15.3 Å². The number of morpholine rings is 1. The molecule has 1 aromatic carbocycles. The number of carbonyl (C=O) groups is 1. The van der Waals surface area contributed by atoms with Crippen molar-refractivity contribution in [2.45, 2.75) is 10.8 Å². The van der Waals surface area contributed by atoms with Gasteiger partial charge in [-0.3, -0.25) is 4.79 Å². The molecular weight excluding hydrogens is 424 g/mol. The van der Waals surface area contributed by atoms with Crippen molar-refractivity contribution in [3.63, 3.8) is 0 Å². The molecule has 0 spiro atoms. The molecule has 1 amide bonds. The number of benzene rings is 1. The average Bonchev–Trinajstić information content (AvgIpc) is 3.29. The first-order chi connectivity index (χ1) is 14.5. The topological polar surface area (TPSA) is 101 Å². The second-order valence-electron chi connectivity index (χ2n) is 6.58. The maximum atomic E-state index is 12.7. The van der Waals surface area contributed by atoms with Crippen LogP contribution in [0.2, 0.25) is 0 Å². The Bertz CT molecular complexity index is 1110. The summed E-state index contributed by atoms with van der Waals surface area (Å²) in [5.41, 5.74) is 1.21. The number of nitrogens with one attached hydrogen (secondary N) is 1. The van der Waals surface area contributed by atoms with E-state index >= 15 is 0 Å². The van der Waals surface area contributed by atoms with Crippen molar-refractivity contribution >= 4 is 27.3 Å². The van der Waals surface area contributed by atoms with Gasteiger partial charge in [-0.25, -0.2) is 18.4 Å². The summed E-state index contributed by atoms with van der Waals surface area (Å²) in [6, 6.07) is 12.8. The minimum absolute atomic E-state index is 0.225. The maximum Gasteiger partial charge on any atom is 0.254 e. The predicted octanol–water partition coefficient (Wildman–Crippen LogP) is 2.16. The van der Waals surface area contributed by atoms with Gasteiger partial charge in [-0.2, -0.15) is 4.31 Å². The van der Waals surface area contributed by atoms with Crippen molar-refractivity contribution in [2.24, 2.45) is 0 Å². The molecule has 0 unspecified atom stereocenters. The molecule has 1 aliphatic rings. The van der Waals surface area contributed by atoms with Crippen LogP contribution in [-0.2, 0) is 21.3 Å². The minimum Gasteiger partial charge on any atom is -0.379 e. The van der Waals surface area contributed by atoms with Crippen LogP contribution in [0.15, 0.2) is 59.1 Å². The van der Waals surface area contributed by atoms with E-state index in [9.17, 15) is 13.2 Å². The number of carbonyl (C=O) groups excluding carboxylic acids is 1. The normalized spacial score (nSPS) is 15.1. The SMILES string of the molecule is O=C(NCc1ccc(S(=O)(=O)N2CCOCC2)s1)c1cnc(-c2ccccc2)nc1. The molecule has 0 saturated carbocycles. The van der Waals surface area contributed by atoms with Gasteiger partial charge in [0.2, 0.25) is 0 Å². The molecule has 4 rings (SSSR count). The van der Waals surface area contributed by atoms with Gasteiger partial charge < -0.3 is 10.1 Å². The zero-order chi connectivity index (χ0) is 21.0. The Morgan fingerprint density at radius 3 is 2.47 bits per heavy atom. The van der Waals surface area contributed by atoms with Crippen LogP contribution in [-0.4, -0.2) is 54.9 Å². The van der Waals surface area contributed by atoms with Crippen molar-refractivity contribution in [1.29, 1.82) is 0 Å². The summed E-state index contributed by atoms with van der Waals surface area (Å²) in [6.07, 6.45) is 2.96. The fraction of sp³-hybridized carbons (Fsp3) is 0.250. The molecule has 156 valence electrons. The van der Waals surface area contributed by atoms with Gasteiger partial charge in [0.05, 0.1) is 25.3 Å². The molecule has 0 aliphatic carbocycles. The first-order valence-electron chi connectivity index (χ1n) is 9.36. The lowest BCUT2D eigenvalue weighted by Gasteiger charge is -2.25. The van der Waals surface area contributed by atoms with E-state index < -0.39 is 10.0 Å². The highest BCUT2D eigenvalue weighted by molar-refractivity contribution is 7.91. The number of thiophene rings is 1. The Balaban J connectivity index is 1.37. The van der Waals surface area contributed by atoms with Gasteiger partial charge in [0.25, 0.3) is 15.9 Å². The standard InChI is InChI=1S/C20H20N4O4S2/c25-20(16-12-21-19(22-13-16)15-4-2-1-3-5-15)23-14-17-6-7-18(29-17)30(26,27)24-8-10-28-11-9-24/h1-7,12-13H,8-11,14H2,(H,23,25). The Hall–Kier alpha value is -2.66. The van der Waals surface area contributed by atoms with Crippen LogP contribution in [0.1, 0.15) is 15.2 Å². The third-order valence-corrected chi connectivity index (χ3v) is 8.02. The number of amides is 1. The van der Waals surface area contributed by atoms with E-state index in [1.807, 2.05) is 30.3 Å². The summed E-state index contributed by atoms with van der Waals surface area (Å²) < 4.78 is 32.3. The molecule has 0 bridgehead atoms. The van der Waals surface area contributed by atoms with Gasteiger partial charge in [-0.05, 0) is 12.1 Å². The van der Waals surface area contributed by atoms with Gasteiger partial charge in [-0.1, -0.05) is 30.3 Å². The highest BCUT2D eigenvalue weighted by Crippen LogP contribution is 2.25. The molecule has 3 aromatic rings. The van der Waals surface area contributed by atoms with Crippen LogP contribution in [0.5, 0.6) is 0 Å². The maximum absolute atomic E-state index is 12.7. The summed E-state index contributed by atoms with van der Waals surface area (Å²) in [4.78, 5) is 21.6. The fourth-order valence-corrected chi connectivity index (χ4v) is 5.81. The second kappa shape index (κ2) is 9.00. The van der Waals surface area contributed by atoms with Gasteiger partial charge in [0.15, 0.2) is 5.82 Å². The largest absolute Gasteiger partial charge is 0.379 e.